The van der Waals surface area contributed by atoms with Gasteiger partial charge in [0.2, 0.25) is 0 Å². The van der Waals surface area contributed by atoms with Crippen molar-refractivity contribution >= 4 is 11.9 Å². The molecule has 0 saturated heterocycles. The lowest BCUT2D eigenvalue weighted by Crippen LogP contribution is -2.11. The fraction of sp³-hybridized carbons (Fsp3) is 0.333. The molecule has 0 bridgehead atoms. The van der Waals surface area contributed by atoms with E-state index in [0.717, 1.165) is 0 Å². The molecular formula is C12H14O5. The zero-order valence-electron chi connectivity index (χ0n) is 9.73. The number of carboxylic acids is 1. The fourth-order valence-electron chi connectivity index (χ4n) is 1.40. The van der Waals surface area contributed by atoms with E-state index < -0.39 is 11.9 Å². The quantitative estimate of drug-likeness (QED) is 0.787. The van der Waals surface area contributed by atoms with Crippen molar-refractivity contribution in [2.75, 3.05) is 13.7 Å². The van der Waals surface area contributed by atoms with E-state index in [0.29, 0.717) is 11.3 Å². The number of carbonyl (C=O) groups is 2. The number of methoxy groups -OCH3 is 1. The number of carboxylic acid groups (broad SMARTS) is 1. The van der Waals surface area contributed by atoms with Gasteiger partial charge in [0.15, 0.2) is 0 Å². The number of ether oxygens (including phenoxy) is 2. The Morgan fingerprint density at radius 1 is 1.35 bits per heavy atom. The summed E-state index contributed by atoms with van der Waals surface area (Å²) in [6.07, 6.45) is -0.0561. The van der Waals surface area contributed by atoms with Crippen LogP contribution in [0.2, 0.25) is 0 Å². The van der Waals surface area contributed by atoms with Crippen LogP contribution in [0.3, 0.4) is 0 Å². The van der Waals surface area contributed by atoms with Crippen molar-refractivity contribution in [3.8, 4) is 5.75 Å². The molecular weight excluding hydrogens is 224 g/mol. The van der Waals surface area contributed by atoms with Crippen LogP contribution in [0.25, 0.3) is 0 Å². The Labute approximate surface area is 99.0 Å². The van der Waals surface area contributed by atoms with Gasteiger partial charge < -0.3 is 14.6 Å². The number of carbonyl (C=O) groups excluding carboxylic acids is 1. The Bertz CT molecular complexity index is 425. The highest BCUT2D eigenvalue weighted by Crippen LogP contribution is 2.18. The first-order chi connectivity index (χ1) is 8.08. The van der Waals surface area contributed by atoms with E-state index in [1.807, 2.05) is 0 Å². The molecule has 5 nitrogen and oxygen atoms in total. The molecule has 1 aromatic rings. The molecule has 0 saturated carbocycles. The average Bonchev–Trinajstić information content (AvgIpc) is 2.29. The average molecular weight is 238 g/mol. The van der Waals surface area contributed by atoms with E-state index in [9.17, 15) is 9.59 Å². The summed E-state index contributed by atoms with van der Waals surface area (Å²) >= 11 is 0. The molecule has 0 unspecified atom stereocenters. The SMILES string of the molecule is CCOC(=O)Cc1ccc(OC)cc1C(=O)O. The van der Waals surface area contributed by atoms with E-state index >= 15 is 0 Å². The van der Waals surface area contributed by atoms with E-state index in [1.165, 1.54) is 13.2 Å². The Balaban J connectivity index is 2.98. The van der Waals surface area contributed by atoms with Gasteiger partial charge in [-0.05, 0) is 24.6 Å². The van der Waals surface area contributed by atoms with Gasteiger partial charge >= 0.3 is 11.9 Å². The number of hydrogen-bond donors (Lipinski definition) is 1. The third-order valence-corrected chi connectivity index (χ3v) is 2.19. The first kappa shape index (κ1) is 13.0. The first-order valence-electron chi connectivity index (χ1n) is 5.14. The lowest BCUT2D eigenvalue weighted by molar-refractivity contribution is -0.142. The van der Waals surface area contributed by atoms with Crippen LogP contribution in [0, 0.1) is 0 Å². The van der Waals surface area contributed by atoms with Gasteiger partial charge in [0.1, 0.15) is 5.75 Å². The molecule has 1 aromatic carbocycles. The standard InChI is InChI=1S/C12H14O5/c1-3-17-11(13)6-8-4-5-9(16-2)7-10(8)12(14)15/h4-5,7H,3,6H2,1-2H3,(H,14,15). The lowest BCUT2D eigenvalue weighted by atomic mass is 10.0. The van der Waals surface area contributed by atoms with Crippen molar-refractivity contribution in [2.45, 2.75) is 13.3 Å². The van der Waals surface area contributed by atoms with Crippen molar-refractivity contribution < 1.29 is 24.2 Å². The van der Waals surface area contributed by atoms with Crippen LogP contribution in [0.5, 0.6) is 5.75 Å². The maximum Gasteiger partial charge on any atom is 0.336 e. The van der Waals surface area contributed by atoms with Crippen LogP contribution in [0.4, 0.5) is 0 Å². The topological polar surface area (TPSA) is 72.8 Å². The summed E-state index contributed by atoms with van der Waals surface area (Å²) in [6.45, 7) is 1.97. The highest BCUT2D eigenvalue weighted by atomic mass is 16.5. The molecule has 17 heavy (non-hydrogen) atoms. The predicted molar refractivity (Wildman–Crippen MR) is 60.3 cm³/mol. The summed E-state index contributed by atoms with van der Waals surface area (Å²) in [4.78, 5) is 22.3. The van der Waals surface area contributed by atoms with Crippen molar-refractivity contribution in [1.82, 2.24) is 0 Å². The minimum Gasteiger partial charge on any atom is -0.497 e. The summed E-state index contributed by atoms with van der Waals surface area (Å²) in [7, 11) is 1.45. The van der Waals surface area contributed by atoms with E-state index in [4.69, 9.17) is 14.6 Å². The largest absolute Gasteiger partial charge is 0.497 e. The van der Waals surface area contributed by atoms with Gasteiger partial charge in [0, 0.05) is 0 Å². The van der Waals surface area contributed by atoms with Gasteiger partial charge in [-0.2, -0.15) is 0 Å². The van der Waals surface area contributed by atoms with Crippen LogP contribution in [-0.4, -0.2) is 30.8 Å². The van der Waals surface area contributed by atoms with Crippen LogP contribution >= 0.6 is 0 Å². The van der Waals surface area contributed by atoms with E-state index in [-0.39, 0.29) is 18.6 Å². The molecule has 0 heterocycles. The van der Waals surface area contributed by atoms with E-state index in [1.54, 1.807) is 19.1 Å². The molecule has 0 aliphatic carbocycles. The molecule has 1 N–H and O–H groups in total. The Morgan fingerprint density at radius 2 is 2.06 bits per heavy atom. The summed E-state index contributed by atoms with van der Waals surface area (Å²) in [5, 5.41) is 9.02. The zero-order chi connectivity index (χ0) is 12.8. The third-order valence-electron chi connectivity index (χ3n) is 2.19. The summed E-state index contributed by atoms with van der Waals surface area (Å²) < 4.78 is 9.71. The predicted octanol–water partition coefficient (Wildman–Crippen LogP) is 1.50. The highest BCUT2D eigenvalue weighted by molar-refractivity contribution is 5.91. The summed E-state index contributed by atoms with van der Waals surface area (Å²) in [5.74, 6) is -1.10. The zero-order valence-corrected chi connectivity index (χ0v) is 9.73. The van der Waals surface area contributed by atoms with Crippen LogP contribution in [0.15, 0.2) is 18.2 Å². The normalized spacial score (nSPS) is 9.76. The van der Waals surface area contributed by atoms with Gasteiger partial charge in [-0.25, -0.2) is 4.79 Å². The van der Waals surface area contributed by atoms with Crippen molar-refractivity contribution in [3.05, 3.63) is 29.3 Å². The minimum atomic E-state index is -1.09. The van der Waals surface area contributed by atoms with Crippen LogP contribution < -0.4 is 4.74 Å². The van der Waals surface area contributed by atoms with Crippen LogP contribution in [-0.2, 0) is 16.0 Å². The Morgan fingerprint density at radius 3 is 2.59 bits per heavy atom. The molecule has 0 aliphatic rings. The Hall–Kier alpha value is -2.04. The van der Waals surface area contributed by atoms with Gasteiger partial charge in [-0.1, -0.05) is 6.07 Å². The van der Waals surface area contributed by atoms with Crippen molar-refractivity contribution in [1.29, 1.82) is 0 Å². The molecule has 0 amide bonds. The molecule has 0 fully saturated rings. The number of esters is 1. The van der Waals surface area contributed by atoms with E-state index in [2.05, 4.69) is 0 Å². The maximum absolute atomic E-state index is 11.3. The second-order valence-electron chi connectivity index (χ2n) is 3.31. The van der Waals surface area contributed by atoms with Gasteiger partial charge in [-0.3, -0.25) is 4.79 Å². The maximum atomic E-state index is 11.3. The minimum absolute atomic E-state index is 0.0532. The van der Waals surface area contributed by atoms with Crippen molar-refractivity contribution in [3.63, 3.8) is 0 Å². The molecule has 0 aliphatic heterocycles. The van der Waals surface area contributed by atoms with Gasteiger partial charge in [0.25, 0.3) is 0 Å². The number of hydrogen-bond acceptors (Lipinski definition) is 4. The first-order valence-corrected chi connectivity index (χ1v) is 5.14. The molecule has 0 radical (unpaired) electrons. The smallest absolute Gasteiger partial charge is 0.336 e. The Kier molecular flexibility index (Phi) is 4.51. The number of benzene rings is 1. The molecule has 5 heteroatoms. The van der Waals surface area contributed by atoms with Crippen LogP contribution in [0.1, 0.15) is 22.8 Å². The van der Waals surface area contributed by atoms with Gasteiger partial charge in [0.05, 0.1) is 25.7 Å². The second-order valence-corrected chi connectivity index (χ2v) is 3.31. The monoisotopic (exact) mass is 238 g/mol. The fourth-order valence-corrected chi connectivity index (χ4v) is 1.40. The summed E-state index contributed by atoms with van der Waals surface area (Å²) in [6, 6.07) is 4.55. The molecule has 0 atom stereocenters. The molecule has 0 spiro atoms. The highest BCUT2D eigenvalue weighted by Gasteiger charge is 2.14. The number of rotatable bonds is 5. The van der Waals surface area contributed by atoms with Crippen molar-refractivity contribution in [2.24, 2.45) is 0 Å². The summed E-state index contributed by atoms with van der Waals surface area (Å²) in [5.41, 5.74) is 0.467. The second kappa shape index (κ2) is 5.89. The van der Waals surface area contributed by atoms with Gasteiger partial charge in [-0.15, -0.1) is 0 Å². The molecule has 92 valence electrons. The lowest BCUT2D eigenvalue weighted by Gasteiger charge is -2.07. The molecule has 0 aromatic heterocycles. The molecule has 1 rings (SSSR count). The number of aromatic carboxylic acids is 1. The third kappa shape index (κ3) is 3.48.